The Morgan fingerprint density at radius 3 is 2.43 bits per heavy atom. The second kappa shape index (κ2) is 5.87. The number of ketones is 1. The van der Waals surface area contributed by atoms with Crippen molar-refractivity contribution in [3.05, 3.63) is 35.4 Å². The first-order chi connectivity index (χ1) is 9.77. The van der Waals surface area contributed by atoms with Gasteiger partial charge in [-0.1, -0.05) is 24.3 Å². The van der Waals surface area contributed by atoms with Crippen molar-refractivity contribution in [2.75, 3.05) is 13.6 Å². The van der Waals surface area contributed by atoms with Crippen LogP contribution in [-0.2, 0) is 11.2 Å². The molecule has 21 heavy (non-hydrogen) atoms. The molecule has 0 saturated carbocycles. The number of carbonyl (C=O) groups excluding carboxylic acids is 1. The van der Waals surface area contributed by atoms with E-state index in [1.807, 2.05) is 12.1 Å². The molecule has 0 spiro atoms. The van der Waals surface area contributed by atoms with E-state index in [0.29, 0.717) is 24.2 Å². The van der Waals surface area contributed by atoms with E-state index >= 15 is 0 Å². The summed E-state index contributed by atoms with van der Waals surface area (Å²) in [6, 6.07) is 5.51. The lowest BCUT2D eigenvalue weighted by Crippen LogP contribution is -2.32. The number of likely N-dealkylation sites (N-methyl/N-ethyl adjacent to an activating group) is 1. The van der Waals surface area contributed by atoms with Gasteiger partial charge in [0, 0.05) is 19.0 Å². The van der Waals surface area contributed by atoms with Gasteiger partial charge in [0.15, 0.2) is 6.04 Å². The van der Waals surface area contributed by atoms with Crippen LogP contribution in [0.1, 0.15) is 24.5 Å². The molecule has 0 saturated heterocycles. The van der Waals surface area contributed by atoms with Gasteiger partial charge in [0.1, 0.15) is 11.6 Å². The smallest absolute Gasteiger partial charge is 0.357 e. The molecule has 0 bridgehead atoms. The van der Waals surface area contributed by atoms with Crippen LogP contribution < -0.4 is 0 Å². The summed E-state index contributed by atoms with van der Waals surface area (Å²) in [7, 11) is 1.61. The van der Waals surface area contributed by atoms with Crippen LogP contribution >= 0.6 is 0 Å². The molecule has 0 amide bonds. The molecule has 1 aromatic carbocycles. The van der Waals surface area contributed by atoms with E-state index in [-0.39, 0.29) is 12.3 Å². The Labute approximate surface area is 121 Å². The molecule has 1 aromatic rings. The molecule has 1 aliphatic rings. The minimum atomic E-state index is -4.31. The van der Waals surface area contributed by atoms with Crippen molar-refractivity contribution in [1.29, 1.82) is 0 Å². The highest BCUT2D eigenvalue weighted by Crippen LogP contribution is 2.28. The lowest BCUT2D eigenvalue weighted by molar-refractivity contribution is -0.145. The Kier molecular flexibility index (Phi) is 4.34. The first-order valence-corrected chi connectivity index (χ1v) is 6.72. The van der Waals surface area contributed by atoms with Crippen LogP contribution in [0.3, 0.4) is 0 Å². The molecule has 1 atom stereocenters. The van der Waals surface area contributed by atoms with Gasteiger partial charge in [0.25, 0.3) is 0 Å². The summed E-state index contributed by atoms with van der Waals surface area (Å²) in [5.74, 6) is 0.474. The second-order valence-electron chi connectivity index (χ2n) is 5.29. The highest BCUT2D eigenvalue weighted by atomic mass is 19.4. The summed E-state index contributed by atoms with van der Waals surface area (Å²) in [5, 5.41) is 0. The zero-order valence-corrected chi connectivity index (χ0v) is 11.9. The monoisotopic (exact) mass is 298 g/mol. The minimum Gasteiger partial charge on any atom is -0.357 e. The van der Waals surface area contributed by atoms with Crippen LogP contribution in [0.25, 0.3) is 0 Å². The van der Waals surface area contributed by atoms with Gasteiger partial charge < -0.3 is 9.69 Å². The maximum Gasteiger partial charge on any atom is 0.412 e. The van der Waals surface area contributed by atoms with Gasteiger partial charge in [0.2, 0.25) is 0 Å². The van der Waals surface area contributed by atoms with E-state index in [0.717, 1.165) is 5.56 Å². The number of hydrogen-bond acceptors (Lipinski definition) is 3. The van der Waals surface area contributed by atoms with Gasteiger partial charge in [-0.2, -0.15) is 13.2 Å². The normalized spacial score (nSPS) is 18.8. The number of Topliss-reactive ketones (excluding diaryl/α,β-unsaturated/α-hetero) is 1. The molecular formula is C15H17F3N2O. The van der Waals surface area contributed by atoms with Crippen molar-refractivity contribution in [3.63, 3.8) is 0 Å². The topological polar surface area (TPSA) is 32.7 Å². The summed E-state index contributed by atoms with van der Waals surface area (Å²) in [5.41, 5.74) is 1.65. The molecule has 0 radical (unpaired) electrons. The molecule has 1 aliphatic heterocycles. The van der Waals surface area contributed by atoms with Gasteiger partial charge in [-0.05, 0) is 18.9 Å². The lowest BCUT2D eigenvalue weighted by atomic mass is 10.1. The van der Waals surface area contributed by atoms with Crippen molar-refractivity contribution in [2.45, 2.75) is 32.0 Å². The van der Waals surface area contributed by atoms with Crippen molar-refractivity contribution < 1.29 is 18.0 Å². The first kappa shape index (κ1) is 15.5. The molecule has 0 aliphatic carbocycles. The molecule has 1 heterocycles. The average molecular weight is 298 g/mol. The average Bonchev–Trinajstić information content (AvgIpc) is 2.79. The van der Waals surface area contributed by atoms with E-state index in [4.69, 9.17) is 0 Å². The highest BCUT2D eigenvalue weighted by molar-refractivity contribution is 5.99. The number of aliphatic imine (C=N–C) groups is 1. The summed E-state index contributed by atoms with van der Waals surface area (Å²) >= 11 is 0. The molecule has 114 valence electrons. The van der Waals surface area contributed by atoms with Gasteiger partial charge in [-0.25, -0.2) is 0 Å². The Balaban J connectivity index is 2.13. The summed E-state index contributed by atoms with van der Waals surface area (Å²) in [6.07, 6.45) is -3.20. The number of amidine groups is 1. The van der Waals surface area contributed by atoms with Crippen LogP contribution in [0.2, 0.25) is 0 Å². The zero-order chi connectivity index (χ0) is 15.6. The number of nitrogens with zero attached hydrogens (tertiary/aromatic N) is 2. The van der Waals surface area contributed by atoms with Gasteiger partial charge in [-0.3, -0.25) is 4.99 Å². The number of benzene rings is 1. The molecule has 0 N–H and O–H groups in total. The number of carbonyl (C=O) groups is 1. The number of alkyl halides is 3. The summed E-state index contributed by atoms with van der Waals surface area (Å²) in [6.45, 7) is 1.39. The van der Waals surface area contributed by atoms with Gasteiger partial charge >= 0.3 is 6.18 Å². The van der Waals surface area contributed by atoms with E-state index in [1.54, 1.807) is 19.2 Å². The largest absolute Gasteiger partial charge is 0.412 e. The maximum atomic E-state index is 12.7. The lowest BCUT2D eigenvalue weighted by Gasteiger charge is -2.15. The zero-order valence-electron chi connectivity index (χ0n) is 11.9. The molecule has 2 rings (SSSR count). The fourth-order valence-electron chi connectivity index (χ4n) is 2.25. The van der Waals surface area contributed by atoms with Crippen molar-refractivity contribution in [3.8, 4) is 0 Å². The third kappa shape index (κ3) is 3.83. The molecule has 1 unspecified atom stereocenters. The Morgan fingerprint density at radius 1 is 1.33 bits per heavy atom. The third-order valence-corrected chi connectivity index (χ3v) is 3.44. The predicted octanol–water partition coefficient (Wildman–Crippen LogP) is 2.83. The number of aryl methyl sites for hydroxylation is 1. The van der Waals surface area contributed by atoms with Crippen molar-refractivity contribution in [1.82, 2.24) is 4.90 Å². The number of halogens is 3. The van der Waals surface area contributed by atoms with E-state index in [9.17, 15) is 18.0 Å². The highest BCUT2D eigenvalue weighted by Gasteiger charge is 2.44. The first-order valence-electron chi connectivity index (χ1n) is 6.72. The predicted molar refractivity (Wildman–Crippen MR) is 74.5 cm³/mol. The van der Waals surface area contributed by atoms with Crippen LogP contribution in [-0.4, -0.2) is 42.3 Å². The quantitative estimate of drug-likeness (QED) is 0.856. The molecule has 6 heteroatoms. The van der Waals surface area contributed by atoms with Crippen LogP contribution in [0.5, 0.6) is 0 Å². The second-order valence-corrected chi connectivity index (χ2v) is 5.29. The van der Waals surface area contributed by atoms with E-state index in [2.05, 4.69) is 4.99 Å². The Bertz CT molecular complexity index is 549. The van der Waals surface area contributed by atoms with E-state index in [1.165, 1.54) is 11.8 Å². The number of rotatable bonds is 4. The van der Waals surface area contributed by atoms with Crippen LogP contribution in [0.4, 0.5) is 13.2 Å². The third-order valence-electron chi connectivity index (χ3n) is 3.44. The molecule has 0 fully saturated rings. The summed E-state index contributed by atoms with van der Waals surface area (Å²) in [4.78, 5) is 16.2. The van der Waals surface area contributed by atoms with Gasteiger partial charge in [0.05, 0.1) is 6.54 Å². The van der Waals surface area contributed by atoms with Crippen LogP contribution in [0, 0.1) is 0 Å². The number of hydrogen-bond donors (Lipinski definition) is 0. The van der Waals surface area contributed by atoms with E-state index < -0.39 is 12.2 Å². The minimum absolute atomic E-state index is 0.118. The maximum absolute atomic E-state index is 12.7. The molecule has 3 nitrogen and oxygen atoms in total. The molecule has 0 aromatic heterocycles. The Morgan fingerprint density at radius 2 is 1.95 bits per heavy atom. The van der Waals surface area contributed by atoms with Crippen molar-refractivity contribution >= 4 is 11.6 Å². The standard InChI is InChI=1S/C15H17F3N2O/c1-10(21)3-4-11-5-7-12(8-6-11)14-19-13(9-20(14)2)15(16,17)18/h5-8,13H,3-4,9H2,1-2H3. The fraction of sp³-hybridized carbons (Fsp3) is 0.467. The van der Waals surface area contributed by atoms with Crippen molar-refractivity contribution in [2.24, 2.45) is 4.99 Å². The fourth-order valence-corrected chi connectivity index (χ4v) is 2.25. The summed E-state index contributed by atoms with van der Waals surface area (Å²) < 4.78 is 38.1. The molecular weight excluding hydrogens is 281 g/mol. The SMILES string of the molecule is CC(=O)CCc1ccc(C2=NC(C(F)(F)F)CN2C)cc1. The Hall–Kier alpha value is -1.85. The van der Waals surface area contributed by atoms with Gasteiger partial charge in [-0.15, -0.1) is 0 Å². The van der Waals surface area contributed by atoms with Crippen LogP contribution in [0.15, 0.2) is 29.3 Å².